The topological polar surface area (TPSA) is 128 Å². The maximum absolute atomic E-state index is 14.2. The molecular weight excluding hydrogens is 498 g/mol. The highest BCUT2D eigenvalue weighted by Gasteiger charge is 2.38. The van der Waals surface area contributed by atoms with Crippen molar-refractivity contribution in [1.29, 1.82) is 0 Å². The lowest BCUT2D eigenvalue weighted by atomic mass is 9.98. The van der Waals surface area contributed by atoms with Gasteiger partial charge >= 0.3 is 6.09 Å². The number of unbranched alkanes of at least 4 members (excludes halogenated alkanes) is 2. The van der Waals surface area contributed by atoms with Crippen molar-refractivity contribution in [2.45, 2.75) is 91.0 Å². The quantitative estimate of drug-likeness (QED) is 0.285. The minimum atomic E-state index is -1.14. The Balaban J connectivity index is 2.50. The molecule has 4 N–H and O–H groups in total. The fourth-order valence-electron chi connectivity index (χ4n) is 4.20. The van der Waals surface area contributed by atoms with E-state index >= 15 is 0 Å². The summed E-state index contributed by atoms with van der Waals surface area (Å²) in [7, 11) is 0. The molecule has 2 unspecified atom stereocenters. The number of amides is 3. The summed E-state index contributed by atoms with van der Waals surface area (Å²) in [6.45, 7) is 11.2. The lowest BCUT2D eigenvalue weighted by molar-refractivity contribution is -0.144. The van der Waals surface area contributed by atoms with Crippen molar-refractivity contribution in [3.8, 4) is 11.5 Å². The van der Waals surface area contributed by atoms with Crippen LogP contribution < -0.4 is 10.6 Å². The van der Waals surface area contributed by atoms with Crippen LogP contribution in [0.5, 0.6) is 11.5 Å². The van der Waals surface area contributed by atoms with E-state index in [1.807, 2.05) is 0 Å². The van der Waals surface area contributed by atoms with Crippen LogP contribution >= 0.6 is 0 Å². The van der Waals surface area contributed by atoms with E-state index < -0.39 is 41.6 Å². The Bertz CT molecular complexity index is 1090. The molecule has 2 atom stereocenters. The van der Waals surface area contributed by atoms with Gasteiger partial charge in [-0.05, 0) is 64.8 Å². The van der Waals surface area contributed by atoms with Crippen molar-refractivity contribution in [2.75, 3.05) is 6.54 Å². The molecule has 3 amide bonds. The Morgan fingerprint density at radius 3 is 2.18 bits per heavy atom. The molecule has 0 aliphatic heterocycles. The Hall–Kier alpha value is -3.75. The number of rotatable bonds is 12. The van der Waals surface area contributed by atoms with Crippen molar-refractivity contribution in [2.24, 2.45) is 0 Å². The first-order valence-electron chi connectivity index (χ1n) is 13.5. The number of hydrogen-bond acceptors (Lipinski definition) is 6. The summed E-state index contributed by atoms with van der Waals surface area (Å²) in [6, 6.07) is 10.1. The number of nitrogens with zero attached hydrogens (tertiary/aromatic N) is 1. The van der Waals surface area contributed by atoms with E-state index in [0.29, 0.717) is 12.1 Å². The number of carbonyl (C=O) groups excluding carboxylic acids is 3. The number of alkyl carbamates (subject to hydrolysis) is 1. The standard InChI is InChI=1S/C30H43N3O6/c1-7-8-11-18-31-27(36)26(23-12-9-10-13-25(23)35)33(20(2)3)28(37)24(32-29(38)39-30(4,5)6)19-21-14-16-22(34)17-15-21/h9-10,12-17,20,24,26,34-35H,7-8,11,18-19H2,1-6H3,(H,31,36)(H,32,38). The average Bonchev–Trinajstić information content (AvgIpc) is 2.84. The van der Waals surface area contributed by atoms with Crippen molar-refractivity contribution in [3.05, 3.63) is 59.7 Å². The zero-order chi connectivity index (χ0) is 29.2. The number of benzene rings is 2. The van der Waals surface area contributed by atoms with Gasteiger partial charge in [0.2, 0.25) is 11.8 Å². The first-order chi connectivity index (χ1) is 18.3. The van der Waals surface area contributed by atoms with Crippen LogP contribution in [0.4, 0.5) is 4.79 Å². The maximum Gasteiger partial charge on any atom is 0.408 e. The van der Waals surface area contributed by atoms with Gasteiger partial charge in [-0.2, -0.15) is 0 Å². The molecule has 0 aromatic heterocycles. The highest BCUT2D eigenvalue weighted by atomic mass is 16.6. The van der Waals surface area contributed by atoms with Crippen LogP contribution in [0.3, 0.4) is 0 Å². The van der Waals surface area contributed by atoms with E-state index in [4.69, 9.17) is 4.74 Å². The van der Waals surface area contributed by atoms with Crippen molar-refractivity contribution in [1.82, 2.24) is 15.5 Å². The number of para-hydroxylation sites is 1. The lowest BCUT2D eigenvalue weighted by Gasteiger charge is -2.37. The first kappa shape index (κ1) is 31.5. The third-order valence-corrected chi connectivity index (χ3v) is 6.01. The zero-order valence-corrected chi connectivity index (χ0v) is 23.9. The van der Waals surface area contributed by atoms with Gasteiger partial charge in [-0.15, -0.1) is 0 Å². The van der Waals surface area contributed by atoms with Gasteiger partial charge in [0.05, 0.1) is 0 Å². The molecule has 9 heteroatoms. The SMILES string of the molecule is CCCCCNC(=O)C(c1ccccc1O)N(C(=O)C(Cc1ccc(O)cc1)NC(=O)OC(C)(C)C)C(C)C. The first-order valence-corrected chi connectivity index (χ1v) is 13.5. The molecule has 0 saturated carbocycles. The molecule has 0 saturated heterocycles. The minimum Gasteiger partial charge on any atom is -0.508 e. The van der Waals surface area contributed by atoms with Crippen molar-refractivity contribution < 1.29 is 29.3 Å². The molecular formula is C30H43N3O6. The molecule has 0 radical (unpaired) electrons. The molecule has 9 nitrogen and oxygen atoms in total. The highest BCUT2D eigenvalue weighted by molar-refractivity contribution is 5.93. The van der Waals surface area contributed by atoms with Crippen LogP contribution in [-0.2, 0) is 20.7 Å². The summed E-state index contributed by atoms with van der Waals surface area (Å²) in [5.41, 5.74) is 0.187. The number of hydrogen-bond donors (Lipinski definition) is 4. The summed E-state index contributed by atoms with van der Waals surface area (Å²) in [5, 5.41) is 26.0. The van der Waals surface area contributed by atoms with Gasteiger partial charge in [0, 0.05) is 24.6 Å². The lowest BCUT2D eigenvalue weighted by Crippen LogP contribution is -2.55. The normalized spacial score (nSPS) is 12.9. The summed E-state index contributed by atoms with van der Waals surface area (Å²) >= 11 is 0. The number of ether oxygens (including phenoxy) is 1. The van der Waals surface area contributed by atoms with Gasteiger partial charge in [0.15, 0.2) is 0 Å². The van der Waals surface area contributed by atoms with Crippen LogP contribution in [0.2, 0.25) is 0 Å². The maximum atomic E-state index is 14.2. The van der Waals surface area contributed by atoms with Gasteiger partial charge in [-0.3, -0.25) is 9.59 Å². The third kappa shape index (κ3) is 9.81. The van der Waals surface area contributed by atoms with E-state index in [2.05, 4.69) is 17.6 Å². The number of aromatic hydroxyl groups is 2. The third-order valence-electron chi connectivity index (χ3n) is 6.01. The predicted octanol–water partition coefficient (Wildman–Crippen LogP) is 4.82. The molecule has 2 aromatic rings. The Labute approximate surface area is 231 Å². The Morgan fingerprint density at radius 1 is 0.974 bits per heavy atom. The molecule has 0 fully saturated rings. The van der Waals surface area contributed by atoms with Crippen LogP contribution in [-0.4, -0.2) is 57.3 Å². The van der Waals surface area contributed by atoms with E-state index in [1.54, 1.807) is 65.0 Å². The van der Waals surface area contributed by atoms with Crippen molar-refractivity contribution >= 4 is 17.9 Å². The summed E-state index contributed by atoms with van der Waals surface area (Å²) in [4.78, 5) is 42.0. The number of phenolic OH excluding ortho intramolecular Hbond substituents is 2. The summed E-state index contributed by atoms with van der Waals surface area (Å²) in [6.07, 6.45) is 2.04. The van der Waals surface area contributed by atoms with Crippen LogP contribution in [0, 0.1) is 0 Å². The summed E-state index contributed by atoms with van der Waals surface area (Å²) < 4.78 is 5.42. The highest BCUT2D eigenvalue weighted by Crippen LogP contribution is 2.31. The smallest absolute Gasteiger partial charge is 0.408 e. The fraction of sp³-hybridized carbons (Fsp3) is 0.500. The minimum absolute atomic E-state index is 0.0740. The largest absolute Gasteiger partial charge is 0.508 e. The number of phenols is 2. The molecule has 39 heavy (non-hydrogen) atoms. The molecule has 0 spiro atoms. The molecule has 0 heterocycles. The Kier molecular flexibility index (Phi) is 11.6. The summed E-state index contributed by atoms with van der Waals surface area (Å²) in [5.74, 6) is -0.971. The van der Waals surface area contributed by atoms with E-state index in [9.17, 15) is 24.6 Å². The predicted molar refractivity (Wildman–Crippen MR) is 150 cm³/mol. The van der Waals surface area contributed by atoms with E-state index in [1.165, 1.54) is 23.1 Å². The zero-order valence-electron chi connectivity index (χ0n) is 23.9. The molecule has 0 aliphatic carbocycles. The van der Waals surface area contributed by atoms with Gasteiger partial charge in [-0.25, -0.2) is 4.79 Å². The molecule has 0 aliphatic rings. The van der Waals surface area contributed by atoms with E-state index in [-0.39, 0.29) is 23.5 Å². The van der Waals surface area contributed by atoms with Gasteiger partial charge < -0.3 is 30.5 Å². The monoisotopic (exact) mass is 541 g/mol. The number of carbonyl (C=O) groups is 3. The van der Waals surface area contributed by atoms with Gasteiger partial charge in [0.1, 0.15) is 29.2 Å². The average molecular weight is 542 g/mol. The van der Waals surface area contributed by atoms with Crippen LogP contribution in [0.1, 0.15) is 78.0 Å². The van der Waals surface area contributed by atoms with Crippen molar-refractivity contribution in [3.63, 3.8) is 0 Å². The molecule has 2 rings (SSSR count). The van der Waals surface area contributed by atoms with Crippen LogP contribution in [0.25, 0.3) is 0 Å². The van der Waals surface area contributed by atoms with Gasteiger partial charge in [-0.1, -0.05) is 50.1 Å². The molecule has 214 valence electrons. The fourth-order valence-corrected chi connectivity index (χ4v) is 4.20. The second-order valence-electron chi connectivity index (χ2n) is 10.9. The van der Waals surface area contributed by atoms with Gasteiger partial charge in [0.25, 0.3) is 0 Å². The second-order valence-corrected chi connectivity index (χ2v) is 10.9. The Morgan fingerprint density at radius 2 is 1.62 bits per heavy atom. The molecule has 0 bridgehead atoms. The second kappa shape index (κ2) is 14.4. The molecule has 2 aromatic carbocycles. The van der Waals surface area contributed by atoms with E-state index in [0.717, 1.165) is 19.3 Å². The van der Waals surface area contributed by atoms with Crippen LogP contribution in [0.15, 0.2) is 48.5 Å². The number of nitrogens with one attached hydrogen (secondary N) is 2.